The van der Waals surface area contributed by atoms with Gasteiger partial charge in [-0.2, -0.15) is 4.52 Å². The molecule has 0 atom stereocenters. The lowest BCUT2D eigenvalue weighted by Gasteiger charge is -1.97. The third-order valence-corrected chi connectivity index (χ3v) is 3.75. The second kappa shape index (κ2) is 5.28. The summed E-state index contributed by atoms with van der Waals surface area (Å²) in [5, 5.41) is 5.61. The topological polar surface area (TPSA) is 56.0 Å². The molecule has 0 amide bonds. The molecule has 5 nitrogen and oxygen atoms in total. The van der Waals surface area contributed by atoms with Crippen molar-refractivity contribution in [3.63, 3.8) is 0 Å². The van der Waals surface area contributed by atoms with Gasteiger partial charge >= 0.3 is 0 Å². The minimum Gasteiger partial charge on any atom is -0.248 e. The number of aryl methyl sites for hydroxylation is 2. The zero-order chi connectivity index (χ0) is 15.8. The highest BCUT2D eigenvalue weighted by molar-refractivity contribution is 5.80. The van der Waals surface area contributed by atoms with E-state index in [1.54, 1.807) is 4.52 Å². The van der Waals surface area contributed by atoms with Crippen molar-refractivity contribution in [1.29, 1.82) is 0 Å². The van der Waals surface area contributed by atoms with E-state index in [1.165, 1.54) is 0 Å². The highest BCUT2D eigenvalue weighted by atomic mass is 15.3. The molecule has 0 saturated carbocycles. The van der Waals surface area contributed by atoms with E-state index in [9.17, 15) is 0 Å². The van der Waals surface area contributed by atoms with E-state index in [0.717, 1.165) is 33.6 Å². The molecule has 23 heavy (non-hydrogen) atoms. The highest BCUT2D eigenvalue weighted by Crippen LogP contribution is 2.14. The standard InChI is InChI=1S/C18H15N5/c1-12-11-19-13(2)23-18(12)21-17(22-23)10-9-15-8-7-14-5-3-4-6-16(14)20-15/h3-11H,1-2H3. The first kappa shape index (κ1) is 13.6. The van der Waals surface area contributed by atoms with E-state index < -0.39 is 0 Å². The number of rotatable bonds is 2. The third-order valence-electron chi connectivity index (χ3n) is 3.75. The summed E-state index contributed by atoms with van der Waals surface area (Å²) in [7, 11) is 0. The van der Waals surface area contributed by atoms with E-state index >= 15 is 0 Å². The van der Waals surface area contributed by atoms with Gasteiger partial charge in [0.15, 0.2) is 11.5 Å². The number of hydrogen-bond acceptors (Lipinski definition) is 4. The van der Waals surface area contributed by atoms with Gasteiger partial charge in [-0.15, -0.1) is 5.10 Å². The zero-order valence-electron chi connectivity index (χ0n) is 12.9. The minimum atomic E-state index is 0.652. The molecule has 0 unspecified atom stereocenters. The van der Waals surface area contributed by atoms with Crippen LogP contribution >= 0.6 is 0 Å². The van der Waals surface area contributed by atoms with Crippen LogP contribution in [0.4, 0.5) is 0 Å². The maximum atomic E-state index is 4.62. The molecule has 5 heteroatoms. The van der Waals surface area contributed by atoms with Gasteiger partial charge in [0.2, 0.25) is 0 Å². The molecule has 4 rings (SSSR count). The van der Waals surface area contributed by atoms with Gasteiger partial charge in [-0.1, -0.05) is 24.3 Å². The first-order valence-corrected chi connectivity index (χ1v) is 7.43. The van der Waals surface area contributed by atoms with Crippen LogP contribution in [0, 0.1) is 13.8 Å². The Labute approximate surface area is 133 Å². The largest absolute Gasteiger partial charge is 0.248 e. The van der Waals surface area contributed by atoms with Crippen molar-refractivity contribution in [2.24, 2.45) is 0 Å². The van der Waals surface area contributed by atoms with Crippen LogP contribution in [0.5, 0.6) is 0 Å². The molecule has 0 N–H and O–H groups in total. The Morgan fingerprint density at radius 2 is 1.83 bits per heavy atom. The van der Waals surface area contributed by atoms with Crippen molar-refractivity contribution < 1.29 is 0 Å². The first-order chi connectivity index (χ1) is 11.2. The van der Waals surface area contributed by atoms with Gasteiger partial charge in [-0.25, -0.2) is 15.0 Å². The molecule has 0 radical (unpaired) electrons. The predicted molar refractivity (Wildman–Crippen MR) is 90.9 cm³/mol. The van der Waals surface area contributed by atoms with E-state index in [1.807, 2.05) is 56.5 Å². The quantitative estimate of drug-likeness (QED) is 0.569. The molecule has 0 fully saturated rings. The van der Waals surface area contributed by atoms with Gasteiger partial charge < -0.3 is 0 Å². The lowest BCUT2D eigenvalue weighted by Crippen LogP contribution is -1.98. The SMILES string of the molecule is Cc1cnc(C)n2nc(C=Cc3ccc4ccccc4n3)nc12. The maximum Gasteiger partial charge on any atom is 0.175 e. The molecule has 3 heterocycles. The Kier molecular flexibility index (Phi) is 3.12. The van der Waals surface area contributed by atoms with Crippen molar-refractivity contribution in [3.05, 3.63) is 65.5 Å². The monoisotopic (exact) mass is 301 g/mol. The van der Waals surface area contributed by atoms with Gasteiger partial charge in [0, 0.05) is 17.1 Å². The summed E-state index contributed by atoms with van der Waals surface area (Å²) in [6.07, 6.45) is 5.63. The van der Waals surface area contributed by atoms with Crippen LogP contribution in [0.25, 0.3) is 28.7 Å². The van der Waals surface area contributed by atoms with Crippen molar-refractivity contribution >= 4 is 28.7 Å². The third kappa shape index (κ3) is 2.46. The van der Waals surface area contributed by atoms with Gasteiger partial charge in [0.05, 0.1) is 11.2 Å². The van der Waals surface area contributed by atoms with Crippen LogP contribution < -0.4 is 0 Å². The fourth-order valence-corrected chi connectivity index (χ4v) is 2.52. The molecule has 0 aliphatic carbocycles. The molecule has 3 aromatic heterocycles. The smallest absolute Gasteiger partial charge is 0.175 e. The summed E-state index contributed by atoms with van der Waals surface area (Å²) in [6.45, 7) is 3.90. The maximum absolute atomic E-state index is 4.62. The second-order valence-corrected chi connectivity index (χ2v) is 5.46. The molecule has 112 valence electrons. The lowest BCUT2D eigenvalue weighted by atomic mass is 10.2. The number of fused-ring (bicyclic) bond motifs is 2. The van der Waals surface area contributed by atoms with Crippen LogP contribution in [0.15, 0.2) is 42.6 Å². The van der Waals surface area contributed by atoms with Crippen LogP contribution in [-0.2, 0) is 0 Å². The van der Waals surface area contributed by atoms with Crippen molar-refractivity contribution in [2.45, 2.75) is 13.8 Å². The van der Waals surface area contributed by atoms with Gasteiger partial charge in [-0.05, 0) is 38.1 Å². The molecule has 0 saturated heterocycles. The summed E-state index contributed by atoms with van der Waals surface area (Å²) in [5.41, 5.74) is 3.71. The summed E-state index contributed by atoms with van der Waals surface area (Å²) in [5.74, 6) is 1.47. The molecule has 0 aliphatic rings. The van der Waals surface area contributed by atoms with E-state index in [4.69, 9.17) is 0 Å². The van der Waals surface area contributed by atoms with Crippen LogP contribution in [0.3, 0.4) is 0 Å². The molecular formula is C18H15N5. The average molecular weight is 301 g/mol. The number of hydrogen-bond donors (Lipinski definition) is 0. The van der Waals surface area contributed by atoms with Crippen LogP contribution in [-0.4, -0.2) is 24.6 Å². The van der Waals surface area contributed by atoms with E-state index in [-0.39, 0.29) is 0 Å². The molecule has 4 aromatic rings. The highest BCUT2D eigenvalue weighted by Gasteiger charge is 2.06. The molecule has 0 bridgehead atoms. The summed E-state index contributed by atoms with van der Waals surface area (Å²) in [4.78, 5) is 13.5. The number of para-hydroxylation sites is 1. The van der Waals surface area contributed by atoms with Gasteiger partial charge in [-0.3, -0.25) is 0 Å². The fraction of sp³-hybridized carbons (Fsp3) is 0.111. The normalized spacial score (nSPS) is 11.7. The summed E-state index contributed by atoms with van der Waals surface area (Å²) in [6, 6.07) is 12.1. The Bertz CT molecular complexity index is 1010. The molecule has 0 spiro atoms. The van der Waals surface area contributed by atoms with Crippen LogP contribution in [0.2, 0.25) is 0 Å². The fourth-order valence-electron chi connectivity index (χ4n) is 2.52. The number of pyridine rings is 1. The molecular weight excluding hydrogens is 286 g/mol. The Hall–Kier alpha value is -3.08. The van der Waals surface area contributed by atoms with Crippen molar-refractivity contribution in [2.75, 3.05) is 0 Å². The first-order valence-electron chi connectivity index (χ1n) is 7.43. The van der Waals surface area contributed by atoms with Crippen molar-refractivity contribution in [3.8, 4) is 0 Å². The zero-order valence-corrected chi connectivity index (χ0v) is 12.9. The summed E-state index contributed by atoms with van der Waals surface area (Å²) < 4.78 is 1.77. The molecule has 1 aromatic carbocycles. The Morgan fingerprint density at radius 1 is 0.957 bits per heavy atom. The number of aromatic nitrogens is 5. The molecule has 0 aliphatic heterocycles. The van der Waals surface area contributed by atoms with E-state index in [0.29, 0.717) is 5.82 Å². The van der Waals surface area contributed by atoms with Crippen LogP contribution in [0.1, 0.15) is 22.9 Å². The predicted octanol–water partition coefficient (Wildman–Crippen LogP) is 3.46. The van der Waals surface area contributed by atoms with Gasteiger partial charge in [0.1, 0.15) is 5.82 Å². The minimum absolute atomic E-state index is 0.652. The Morgan fingerprint density at radius 3 is 2.70 bits per heavy atom. The second-order valence-electron chi connectivity index (χ2n) is 5.46. The van der Waals surface area contributed by atoms with Crippen molar-refractivity contribution in [1.82, 2.24) is 24.6 Å². The summed E-state index contributed by atoms with van der Waals surface area (Å²) >= 11 is 0. The lowest BCUT2D eigenvalue weighted by molar-refractivity contribution is 0.854. The Balaban J connectivity index is 1.72. The average Bonchev–Trinajstić information content (AvgIpc) is 3.02. The number of benzene rings is 1. The van der Waals surface area contributed by atoms with E-state index in [2.05, 4.69) is 32.2 Å². The van der Waals surface area contributed by atoms with Gasteiger partial charge in [0.25, 0.3) is 0 Å². The number of nitrogens with zero attached hydrogens (tertiary/aromatic N) is 5.